The molecule has 0 radical (unpaired) electrons. The lowest BCUT2D eigenvalue weighted by atomic mass is 10.2. The van der Waals surface area contributed by atoms with E-state index in [4.69, 9.17) is 0 Å². The van der Waals surface area contributed by atoms with Crippen molar-refractivity contribution in [2.24, 2.45) is 0 Å². The van der Waals surface area contributed by atoms with Crippen LogP contribution in [0.2, 0.25) is 0 Å². The predicted molar refractivity (Wildman–Crippen MR) is 90.9 cm³/mol. The van der Waals surface area contributed by atoms with E-state index < -0.39 is 9.84 Å². The third-order valence-electron chi connectivity index (χ3n) is 4.06. The van der Waals surface area contributed by atoms with Gasteiger partial charge < -0.3 is 10.2 Å². The fraction of sp³-hybridized carbons (Fsp3) is 0.312. The molecule has 1 unspecified atom stereocenters. The minimum Gasteiger partial charge on any atom is -0.339 e. The first-order valence-corrected chi connectivity index (χ1v) is 9.50. The maximum atomic E-state index is 13.2. The quantitative estimate of drug-likeness (QED) is 0.886. The molecule has 0 bridgehead atoms. The van der Waals surface area contributed by atoms with Crippen LogP contribution >= 0.6 is 0 Å². The molecule has 1 saturated heterocycles. The normalized spacial score (nSPS) is 18.7. The molecule has 2 aromatic rings. The summed E-state index contributed by atoms with van der Waals surface area (Å²) in [6.45, 7) is 0. The van der Waals surface area contributed by atoms with Gasteiger partial charge in [-0.15, -0.1) is 10.2 Å². The molecule has 2 heterocycles. The molecule has 7 nitrogen and oxygen atoms in total. The number of nitrogens with zero attached hydrogens (tertiary/aromatic N) is 3. The Morgan fingerprint density at radius 2 is 2.08 bits per heavy atom. The molecule has 1 aliphatic heterocycles. The molecule has 1 amide bonds. The minimum atomic E-state index is -3.07. The molecule has 1 fully saturated rings. The van der Waals surface area contributed by atoms with E-state index in [0.717, 1.165) is 0 Å². The Morgan fingerprint density at radius 1 is 1.28 bits per heavy atom. The Morgan fingerprint density at radius 3 is 2.68 bits per heavy atom. The lowest BCUT2D eigenvalue weighted by Gasteiger charge is -2.22. The van der Waals surface area contributed by atoms with Gasteiger partial charge in [0.25, 0.3) is 5.91 Å². The summed E-state index contributed by atoms with van der Waals surface area (Å²) in [5.41, 5.74) is 0.637. The number of hydrogen-bond donors (Lipinski definition) is 1. The largest absolute Gasteiger partial charge is 0.339 e. The molecule has 9 heteroatoms. The number of anilines is 2. The third-order valence-corrected chi connectivity index (χ3v) is 5.81. The number of sulfone groups is 1. The number of carbonyl (C=O) groups excluding carboxylic acids is 1. The van der Waals surface area contributed by atoms with Gasteiger partial charge in [-0.3, -0.25) is 4.79 Å². The van der Waals surface area contributed by atoms with Gasteiger partial charge in [-0.25, -0.2) is 12.8 Å². The van der Waals surface area contributed by atoms with Gasteiger partial charge in [-0.1, -0.05) is 6.07 Å². The Labute approximate surface area is 144 Å². The number of carbonyl (C=O) groups is 1. The van der Waals surface area contributed by atoms with E-state index in [1.54, 1.807) is 25.2 Å². The first-order valence-electron chi connectivity index (χ1n) is 7.68. The smallest absolute Gasteiger partial charge is 0.274 e. The predicted octanol–water partition coefficient (Wildman–Crippen LogP) is 1.62. The standard InChI is InChI=1S/C16H17FN4O3S/c1-21(13-7-8-25(23,24)10-13)16(22)14-5-6-15(20-19-14)18-12-4-2-3-11(17)9-12/h2-6,9,13H,7-8,10H2,1H3,(H,18,20). The van der Waals surface area contributed by atoms with E-state index >= 15 is 0 Å². The van der Waals surface area contributed by atoms with Crippen LogP contribution in [0.15, 0.2) is 36.4 Å². The molecule has 1 atom stereocenters. The fourth-order valence-corrected chi connectivity index (χ4v) is 4.43. The highest BCUT2D eigenvalue weighted by molar-refractivity contribution is 7.91. The fourth-order valence-electron chi connectivity index (χ4n) is 2.65. The van der Waals surface area contributed by atoms with E-state index in [9.17, 15) is 17.6 Å². The highest BCUT2D eigenvalue weighted by Crippen LogP contribution is 2.19. The summed E-state index contributed by atoms with van der Waals surface area (Å²) in [7, 11) is -1.51. The molecule has 0 aliphatic carbocycles. The average molecular weight is 364 g/mol. The number of nitrogens with one attached hydrogen (secondary N) is 1. The van der Waals surface area contributed by atoms with Crippen LogP contribution in [-0.2, 0) is 9.84 Å². The molecule has 3 rings (SSSR count). The van der Waals surface area contributed by atoms with Crippen LogP contribution in [0.5, 0.6) is 0 Å². The molecule has 0 spiro atoms. The second-order valence-corrected chi connectivity index (χ2v) is 8.14. The van der Waals surface area contributed by atoms with Crippen molar-refractivity contribution in [3.63, 3.8) is 0 Å². The molecular weight excluding hydrogens is 347 g/mol. The van der Waals surface area contributed by atoms with E-state index in [-0.39, 0.29) is 35.0 Å². The molecule has 1 aromatic heterocycles. The van der Waals surface area contributed by atoms with Crippen molar-refractivity contribution in [3.05, 3.63) is 47.9 Å². The Hall–Kier alpha value is -2.55. The minimum absolute atomic E-state index is 0.0259. The molecule has 1 N–H and O–H groups in total. The van der Waals surface area contributed by atoms with Crippen molar-refractivity contribution in [1.82, 2.24) is 15.1 Å². The van der Waals surface area contributed by atoms with Gasteiger partial charge in [0.1, 0.15) is 5.82 Å². The molecule has 1 aromatic carbocycles. The van der Waals surface area contributed by atoms with Gasteiger partial charge >= 0.3 is 0 Å². The highest BCUT2D eigenvalue weighted by atomic mass is 32.2. The average Bonchev–Trinajstić information content (AvgIpc) is 2.94. The van der Waals surface area contributed by atoms with E-state index in [0.29, 0.717) is 17.9 Å². The van der Waals surface area contributed by atoms with Crippen LogP contribution in [0.4, 0.5) is 15.9 Å². The van der Waals surface area contributed by atoms with Crippen LogP contribution in [0.1, 0.15) is 16.9 Å². The second kappa shape index (κ2) is 6.75. The van der Waals surface area contributed by atoms with Crippen LogP contribution in [0, 0.1) is 5.82 Å². The van der Waals surface area contributed by atoms with Crippen LogP contribution in [0.25, 0.3) is 0 Å². The molecule has 25 heavy (non-hydrogen) atoms. The van der Waals surface area contributed by atoms with Crippen LogP contribution in [0.3, 0.4) is 0 Å². The zero-order chi connectivity index (χ0) is 18.0. The van der Waals surface area contributed by atoms with Crippen molar-refractivity contribution in [2.45, 2.75) is 12.5 Å². The van der Waals surface area contributed by atoms with Gasteiger partial charge in [0, 0.05) is 18.8 Å². The van der Waals surface area contributed by atoms with Gasteiger partial charge in [0.05, 0.1) is 11.5 Å². The Bertz CT molecular complexity index is 887. The van der Waals surface area contributed by atoms with Crippen molar-refractivity contribution < 1.29 is 17.6 Å². The van der Waals surface area contributed by atoms with Crippen molar-refractivity contribution in [1.29, 1.82) is 0 Å². The number of halogens is 1. The molecular formula is C16H17FN4O3S. The van der Waals surface area contributed by atoms with Crippen molar-refractivity contribution in [3.8, 4) is 0 Å². The lowest BCUT2D eigenvalue weighted by molar-refractivity contribution is 0.0740. The number of hydrogen-bond acceptors (Lipinski definition) is 6. The van der Waals surface area contributed by atoms with E-state index in [1.165, 1.54) is 23.1 Å². The number of amides is 1. The molecule has 1 aliphatic rings. The zero-order valence-electron chi connectivity index (χ0n) is 13.5. The summed E-state index contributed by atoms with van der Waals surface area (Å²) in [5.74, 6) is -0.322. The summed E-state index contributed by atoms with van der Waals surface area (Å²) < 4.78 is 36.3. The van der Waals surface area contributed by atoms with Crippen LogP contribution < -0.4 is 5.32 Å². The van der Waals surface area contributed by atoms with Gasteiger partial charge in [-0.2, -0.15) is 0 Å². The van der Waals surface area contributed by atoms with Gasteiger partial charge in [-0.05, 0) is 36.8 Å². The number of benzene rings is 1. The Kier molecular flexibility index (Phi) is 4.67. The van der Waals surface area contributed by atoms with Crippen LogP contribution in [-0.4, -0.2) is 54.0 Å². The summed E-state index contributed by atoms with van der Waals surface area (Å²) >= 11 is 0. The maximum Gasteiger partial charge on any atom is 0.274 e. The summed E-state index contributed by atoms with van der Waals surface area (Å²) in [5, 5.41) is 10.7. The van der Waals surface area contributed by atoms with Gasteiger partial charge in [0.15, 0.2) is 21.3 Å². The highest BCUT2D eigenvalue weighted by Gasteiger charge is 2.33. The van der Waals surface area contributed by atoms with E-state index in [2.05, 4.69) is 15.5 Å². The third kappa shape index (κ3) is 4.11. The summed E-state index contributed by atoms with van der Waals surface area (Å²) in [4.78, 5) is 13.8. The SMILES string of the molecule is CN(C(=O)c1ccc(Nc2cccc(F)c2)nn1)C1CCS(=O)(=O)C1. The first-order chi connectivity index (χ1) is 11.8. The number of aromatic nitrogens is 2. The summed E-state index contributed by atoms with van der Waals surface area (Å²) in [6.07, 6.45) is 0.428. The first kappa shape index (κ1) is 17.3. The summed E-state index contributed by atoms with van der Waals surface area (Å²) in [6, 6.07) is 8.60. The topological polar surface area (TPSA) is 92.3 Å². The van der Waals surface area contributed by atoms with Crippen molar-refractivity contribution >= 4 is 27.2 Å². The van der Waals surface area contributed by atoms with Gasteiger partial charge in [0.2, 0.25) is 0 Å². The molecule has 132 valence electrons. The molecule has 0 saturated carbocycles. The monoisotopic (exact) mass is 364 g/mol. The lowest BCUT2D eigenvalue weighted by Crippen LogP contribution is -2.38. The van der Waals surface area contributed by atoms with Crippen molar-refractivity contribution in [2.75, 3.05) is 23.9 Å². The second-order valence-electron chi connectivity index (χ2n) is 5.91. The Balaban J connectivity index is 1.68. The zero-order valence-corrected chi connectivity index (χ0v) is 14.3. The van der Waals surface area contributed by atoms with E-state index in [1.807, 2.05) is 0 Å². The maximum absolute atomic E-state index is 13.2. The number of rotatable bonds is 4.